The number of hydrogen-bond acceptors (Lipinski definition) is 8. The van der Waals surface area contributed by atoms with E-state index in [1.165, 1.54) is 7.11 Å². The third-order valence-corrected chi connectivity index (χ3v) is 2.77. The van der Waals surface area contributed by atoms with E-state index in [2.05, 4.69) is 20.1 Å². The smallest absolute Gasteiger partial charge is 0.437 e. The number of aromatic nitrogens is 3. The van der Waals surface area contributed by atoms with Crippen LogP contribution in [0, 0.1) is 0 Å². The second-order valence-corrected chi connectivity index (χ2v) is 4.16. The van der Waals surface area contributed by atoms with Gasteiger partial charge < -0.3 is 25.3 Å². The van der Waals surface area contributed by atoms with E-state index in [1.807, 2.05) is 0 Å². The van der Waals surface area contributed by atoms with E-state index in [9.17, 15) is 4.79 Å². The SMILES string of the molecule is COC(=O)n1nc(N)nc1Nc1ccc2c(c1)OCCO2. The molecule has 0 bridgehead atoms. The summed E-state index contributed by atoms with van der Waals surface area (Å²) < 4.78 is 16.5. The number of methoxy groups -OCH3 is 1. The summed E-state index contributed by atoms with van der Waals surface area (Å²) in [6.07, 6.45) is -0.695. The minimum absolute atomic E-state index is 0.0413. The molecule has 0 unspecified atom stereocenters. The predicted molar refractivity (Wildman–Crippen MR) is 73.0 cm³/mol. The van der Waals surface area contributed by atoms with Crippen LogP contribution in [0.15, 0.2) is 18.2 Å². The molecule has 0 radical (unpaired) electrons. The first-order valence-corrected chi connectivity index (χ1v) is 6.15. The molecule has 9 heteroatoms. The number of anilines is 3. The summed E-state index contributed by atoms with van der Waals surface area (Å²) in [7, 11) is 1.24. The fourth-order valence-electron chi connectivity index (χ4n) is 1.87. The molecule has 0 amide bonds. The van der Waals surface area contributed by atoms with Crippen LogP contribution in [0.2, 0.25) is 0 Å². The zero-order chi connectivity index (χ0) is 14.8. The van der Waals surface area contributed by atoms with Gasteiger partial charge in [-0.25, -0.2) is 4.79 Å². The number of carbonyl (C=O) groups is 1. The number of benzene rings is 1. The minimum Gasteiger partial charge on any atom is -0.486 e. The lowest BCUT2D eigenvalue weighted by Crippen LogP contribution is -2.16. The van der Waals surface area contributed by atoms with E-state index >= 15 is 0 Å². The Morgan fingerprint density at radius 1 is 1.38 bits per heavy atom. The van der Waals surface area contributed by atoms with Crippen LogP contribution < -0.4 is 20.5 Å². The molecule has 1 aliphatic rings. The molecular formula is C12H13N5O4. The Labute approximate surface area is 119 Å². The van der Waals surface area contributed by atoms with Gasteiger partial charge in [-0.2, -0.15) is 4.98 Å². The summed E-state index contributed by atoms with van der Waals surface area (Å²) in [5.41, 5.74) is 6.15. The lowest BCUT2D eigenvalue weighted by molar-refractivity contribution is 0.170. The molecule has 1 aliphatic heterocycles. The lowest BCUT2D eigenvalue weighted by Gasteiger charge is -2.19. The predicted octanol–water partition coefficient (Wildman–Crippen LogP) is 0.990. The molecule has 2 heterocycles. The average molecular weight is 291 g/mol. The molecule has 1 aromatic carbocycles. The van der Waals surface area contributed by atoms with Gasteiger partial charge in [-0.1, -0.05) is 0 Å². The molecule has 21 heavy (non-hydrogen) atoms. The maximum absolute atomic E-state index is 11.6. The summed E-state index contributed by atoms with van der Waals surface area (Å²) in [6.45, 7) is 1.01. The second-order valence-electron chi connectivity index (χ2n) is 4.16. The standard InChI is InChI=1S/C12H13N5O4/c1-19-12(18)17-11(15-10(13)16-17)14-7-2-3-8-9(6-7)21-5-4-20-8/h2-3,6H,4-5H2,1H3,(H3,13,14,15,16). The van der Waals surface area contributed by atoms with Gasteiger partial charge in [-0.3, -0.25) is 0 Å². The number of fused-ring (bicyclic) bond motifs is 1. The van der Waals surface area contributed by atoms with Gasteiger partial charge in [0.25, 0.3) is 0 Å². The summed E-state index contributed by atoms with van der Waals surface area (Å²) in [5, 5.41) is 6.69. The van der Waals surface area contributed by atoms with E-state index < -0.39 is 6.09 Å². The Morgan fingerprint density at radius 2 is 2.14 bits per heavy atom. The molecule has 0 saturated carbocycles. The molecule has 3 rings (SSSR count). The third-order valence-electron chi connectivity index (χ3n) is 2.77. The van der Waals surface area contributed by atoms with E-state index in [0.29, 0.717) is 30.4 Å². The number of nitrogens with two attached hydrogens (primary N) is 1. The fourth-order valence-corrected chi connectivity index (χ4v) is 1.87. The monoisotopic (exact) mass is 291 g/mol. The highest BCUT2D eigenvalue weighted by Gasteiger charge is 2.17. The van der Waals surface area contributed by atoms with Crippen molar-refractivity contribution in [2.75, 3.05) is 31.4 Å². The molecule has 9 nitrogen and oxygen atoms in total. The van der Waals surface area contributed by atoms with Crippen LogP contribution in [-0.4, -0.2) is 41.2 Å². The van der Waals surface area contributed by atoms with E-state index in [-0.39, 0.29) is 11.9 Å². The van der Waals surface area contributed by atoms with Gasteiger partial charge >= 0.3 is 6.09 Å². The number of carbonyl (C=O) groups excluding carboxylic acids is 1. The van der Waals surface area contributed by atoms with Crippen molar-refractivity contribution >= 4 is 23.7 Å². The molecule has 2 aromatic rings. The highest BCUT2D eigenvalue weighted by Crippen LogP contribution is 2.33. The van der Waals surface area contributed by atoms with Crippen molar-refractivity contribution in [3.63, 3.8) is 0 Å². The first-order valence-electron chi connectivity index (χ1n) is 6.15. The number of nitrogens with one attached hydrogen (secondary N) is 1. The maximum atomic E-state index is 11.6. The number of nitrogen functional groups attached to an aromatic ring is 1. The van der Waals surface area contributed by atoms with Crippen LogP contribution in [0.3, 0.4) is 0 Å². The number of nitrogens with zero attached hydrogens (tertiary/aromatic N) is 3. The van der Waals surface area contributed by atoms with Gasteiger partial charge in [-0.15, -0.1) is 9.78 Å². The second kappa shape index (κ2) is 5.19. The zero-order valence-corrected chi connectivity index (χ0v) is 11.2. The van der Waals surface area contributed by atoms with Crippen LogP contribution in [0.25, 0.3) is 0 Å². The number of ether oxygens (including phenoxy) is 3. The maximum Gasteiger partial charge on any atom is 0.437 e. The Morgan fingerprint density at radius 3 is 2.90 bits per heavy atom. The van der Waals surface area contributed by atoms with E-state index in [4.69, 9.17) is 15.2 Å². The van der Waals surface area contributed by atoms with Crippen molar-refractivity contribution in [3.8, 4) is 11.5 Å². The van der Waals surface area contributed by atoms with Crippen LogP contribution in [0.1, 0.15) is 0 Å². The van der Waals surface area contributed by atoms with Crippen molar-refractivity contribution in [2.45, 2.75) is 0 Å². The van der Waals surface area contributed by atoms with Gasteiger partial charge in [0.1, 0.15) is 13.2 Å². The largest absolute Gasteiger partial charge is 0.486 e. The van der Waals surface area contributed by atoms with Crippen molar-refractivity contribution in [1.29, 1.82) is 0 Å². The third kappa shape index (κ3) is 2.53. The quantitative estimate of drug-likeness (QED) is 0.842. The average Bonchev–Trinajstić information content (AvgIpc) is 2.87. The highest BCUT2D eigenvalue weighted by atomic mass is 16.6. The van der Waals surface area contributed by atoms with Crippen LogP contribution in [-0.2, 0) is 4.74 Å². The molecule has 3 N–H and O–H groups in total. The molecule has 0 aliphatic carbocycles. The fraction of sp³-hybridized carbons (Fsp3) is 0.250. The molecule has 0 atom stereocenters. The van der Waals surface area contributed by atoms with Crippen molar-refractivity contribution in [3.05, 3.63) is 18.2 Å². The van der Waals surface area contributed by atoms with Crippen LogP contribution >= 0.6 is 0 Å². The molecule has 0 spiro atoms. The number of hydrogen-bond donors (Lipinski definition) is 2. The number of rotatable bonds is 2. The lowest BCUT2D eigenvalue weighted by atomic mass is 10.2. The van der Waals surface area contributed by atoms with Gasteiger partial charge in [0.05, 0.1) is 7.11 Å². The van der Waals surface area contributed by atoms with Crippen molar-refractivity contribution in [2.24, 2.45) is 0 Å². The normalized spacial score (nSPS) is 12.8. The summed E-state index contributed by atoms with van der Waals surface area (Å²) >= 11 is 0. The van der Waals surface area contributed by atoms with Gasteiger partial charge in [0.15, 0.2) is 11.5 Å². The Bertz CT molecular complexity index is 684. The topological polar surface area (TPSA) is 114 Å². The van der Waals surface area contributed by atoms with E-state index in [1.54, 1.807) is 18.2 Å². The van der Waals surface area contributed by atoms with Gasteiger partial charge in [0.2, 0.25) is 11.9 Å². The highest BCUT2D eigenvalue weighted by molar-refractivity contribution is 5.75. The summed E-state index contributed by atoms with van der Waals surface area (Å²) in [5.74, 6) is 1.39. The Hall–Kier alpha value is -2.97. The van der Waals surface area contributed by atoms with Crippen molar-refractivity contribution in [1.82, 2.24) is 14.8 Å². The van der Waals surface area contributed by atoms with Crippen LogP contribution in [0.4, 0.5) is 22.4 Å². The minimum atomic E-state index is -0.695. The summed E-state index contributed by atoms with van der Waals surface area (Å²) in [6, 6.07) is 5.26. The van der Waals surface area contributed by atoms with E-state index in [0.717, 1.165) is 4.68 Å². The van der Waals surface area contributed by atoms with Gasteiger partial charge in [-0.05, 0) is 12.1 Å². The first kappa shape index (κ1) is 13.0. The Kier molecular flexibility index (Phi) is 3.22. The molecule has 110 valence electrons. The molecule has 0 fully saturated rings. The van der Waals surface area contributed by atoms with Crippen molar-refractivity contribution < 1.29 is 19.0 Å². The Balaban J connectivity index is 1.88. The van der Waals surface area contributed by atoms with Gasteiger partial charge in [0, 0.05) is 11.8 Å². The molecule has 0 saturated heterocycles. The zero-order valence-electron chi connectivity index (χ0n) is 11.2. The first-order chi connectivity index (χ1) is 10.2. The molecular weight excluding hydrogens is 278 g/mol. The summed E-state index contributed by atoms with van der Waals surface area (Å²) in [4.78, 5) is 15.5. The molecule has 1 aromatic heterocycles. The van der Waals surface area contributed by atoms with Crippen LogP contribution in [0.5, 0.6) is 11.5 Å².